The van der Waals surface area contributed by atoms with E-state index in [1.807, 2.05) is 0 Å². The average Bonchev–Trinajstić information content (AvgIpc) is 2.03. The summed E-state index contributed by atoms with van der Waals surface area (Å²) in [4.78, 5) is 10.7. The monoisotopic (exact) mass is 181 g/mol. The summed E-state index contributed by atoms with van der Waals surface area (Å²) in [6.45, 7) is 3.48. The van der Waals surface area contributed by atoms with Gasteiger partial charge in [0.2, 0.25) is 0 Å². The topological polar surface area (TPSA) is 43.1 Å². The molecule has 0 aliphatic carbocycles. The van der Waals surface area contributed by atoms with Crippen molar-refractivity contribution in [3.63, 3.8) is 0 Å². The summed E-state index contributed by atoms with van der Waals surface area (Å²) in [5.41, 5.74) is 0.551. The van der Waals surface area contributed by atoms with Crippen LogP contribution in [-0.4, -0.2) is 4.92 Å². The van der Waals surface area contributed by atoms with E-state index in [1.54, 1.807) is 12.1 Å². The zero-order chi connectivity index (χ0) is 9.14. The van der Waals surface area contributed by atoms with Gasteiger partial charge in [0.15, 0.2) is 0 Å². The third kappa shape index (κ3) is 1.65. The summed E-state index contributed by atoms with van der Waals surface area (Å²) < 4.78 is 0. The molecule has 0 aliphatic rings. The van der Waals surface area contributed by atoms with Gasteiger partial charge in [-0.15, -0.1) is 12.6 Å². The van der Waals surface area contributed by atoms with Gasteiger partial charge in [-0.1, -0.05) is 12.7 Å². The van der Waals surface area contributed by atoms with E-state index in [0.717, 1.165) is 0 Å². The van der Waals surface area contributed by atoms with Gasteiger partial charge in [0, 0.05) is 11.0 Å². The van der Waals surface area contributed by atoms with E-state index in [9.17, 15) is 10.1 Å². The maximum Gasteiger partial charge on any atom is 0.276 e. The van der Waals surface area contributed by atoms with Crippen molar-refractivity contribution >= 4 is 24.4 Å². The normalized spacial score (nSPS) is 9.42. The van der Waals surface area contributed by atoms with Crippen LogP contribution in [0.25, 0.3) is 6.08 Å². The molecule has 4 heteroatoms. The number of benzene rings is 1. The van der Waals surface area contributed by atoms with Crippen molar-refractivity contribution in [1.29, 1.82) is 0 Å². The van der Waals surface area contributed by atoms with Crippen LogP contribution in [0.1, 0.15) is 5.56 Å². The van der Waals surface area contributed by atoms with E-state index in [0.29, 0.717) is 10.5 Å². The molecule has 0 spiro atoms. The number of hydrogen-bond donors (Lipinski definition) is 1. The molecule has 0 unspecified atom stereocenters. The van der Waals surface area contributed by atoms with Crippen LogP contribution >= 0.6 is 12.6 Å². The van der Waals surface area contributed by atoms with Crippen molar-refractivity contribution in [1.82, 2.24) is 0 Å². The molecular formula is C8H7NO2S. The van der Waals surface area contributed by atoms with Crippen molar-refractivity contribution < 1.29 is 4.92 Å². The lowest BCUT2D eigenvalue weighted by molar-refractivity contribution is -0.385. The molecule has 12 heavy (non-hydrogen) atoms. The molecule has 62 valence electrons. The lowest BCUT2D eigenvalue weighted by Gasteiger charge is -1.97. The van der Waals surface area contributed by atoms with Gasteiger partial charge in [-0.25, -0.2) is 0 Å². The Hall–Kier alpha value is -1.29. The Kier molecular flexibility index (Phi) is 2.50. The van der Waals surface area contributed by atoms with Gasteiger partial charge in [-0.2, -0.15) is 0 Å². The summed E-state index contributed by atoms with van der Waals surface area (Å²) in [7, 11) is 0. The third-order valence-electron chi connectivity index (χ3n) is 1.43. The van der Waals surface area contributed by atoms with Crippen LogP contribution in [0, 0.1) is 10.1 Å². The Morgan fingerprint density at radius 1 is 1.58 bits per heavy atom. The van der Waals surface area contributed by atoms with E-state index in [4.69, 9.17) is 0 Å². The van der Waals surface area contributed by atoms with Crippen LogP contribution in [-0.2, 0) is 0 Å². The van der Waals surface area contributed by atoms with Crippen molar-refractivity contribution in [2.75, 3.05) is 0 Å². The Bertz CT molecular complexity index is 336. The highest BCUT2D eigenvalue weighted by Crippen LogP contribution is 2.22. The first-order chi connectivity index (χ1) is 5.65. The Morgan fingerprint density at radius 2 is 2.25 bits per heavy atom. The highest BCUT2D eigenvalue weighted by atomic mass is 32.1. The van der Waals surface area contributed by atoms with Crippen molar-refractivity contribution in [3.8, 4) is 0 Å². The minimum Gasteiger partial charge on any atom is -0.258 e. The smallest absolute Gasteiger partial charge is 0.258 e. The molecule has 0 bridgehead atoms. The van der Waals surface area contributed by atoms with Crippen LogP contribution in [0.15, 0.2) is 29.7 Å². The number of nitro benzene ring substituents is 1. The molecule has 1 aromatic carbocycles. The average molecular weight is 181 g/mol. The largest absolute Gasteiger partial charge is 0.276 e. The fourth-order valence-electron chi connectivity index (χ4n) is 0.872. The minimum atomic E-state index is -0.440. The minimum absolute atomic E-state index is 0.0581. The summed E-state index contributed by atoms with van der Waals surface area (Å²) in [5, 5.41) is 10.4. The van der Waals surface area contributed by atoms with E-state index >= 15 is 0 Å². The molecule has 0 heterocycles. The predicted octanol–water partition coefficient (Wildman–Crippen LogP) is 2.53. The van der Waals surface area contributed by atoms with Gasteiger partial charge in [-0.05, 0) is 12.1 Å². The number of nitro groups is 1. The van der Waals surface area contributed by atoms with Gasteiger partial charge in [0.25, 0.3) is 5.69 Å². The number of hydrogen-bond acceptors (Lipinski definition) is 3. The predicted molar refractivity (Wildman–Crippen MR) is 50.4 cm³/mol. The molecule has 0 N–H and O–H groups in total. The lowest BCUT2D eigenvalue weighted by atomic mass is 10.2. The van der Waals surface area contributed by atoms with E-state index in [2.05, 4.69) is 19.2 Å². The quantitative estimate of drug-likeness (QED) is 0.433. The fourth-order valence-corrected chi connectivity index (χ4v) is 1.09. The first-order valence-electron chi connectivity index (χ1n) is 3.25. The third-order valence-corrected chi connectivity index (χ3v) is 1.71. The van der Waals surface area contributed by atoms with Crippen LogP contribution in [0.2, 0.25) is 0 Å². The number of thiol groups is 1. The fraction of sp³-hybridized carbons (Fsp3) is 0. The summed E-state index contributed by atoms with van der Waals surface area (Å²) in [6, 6.07) is 4.60. The lowest BCUT2D eigenvalue weighted by Crippen LogP contribution is -1.90. The summed E-state index contributed by atoms with van der Waals surface area (Å²) in [6.07, 6.45) is 1.44. The number of nitrogens with zero attached hydrogens (tertiary/aromatic N) is 1. The van der Waals surface area contributed by atoms with Gasteiger partial charge in [0.1, 0.15) is 0 Å². The first-order valence-corrected chi connectivity index (χ1v) is 3.69. The Labute approximate surface area is 75.3 Å². The second-order valence-electron chi connectivity index (χ2n) is 2.20. The summed E-state index contributed by atoms with van der Waals surface area (Å²) in [5.74, 6) is 0. The molecule has 0 aromatic heterocycles. The number of rotatable bonds is 2. The van der Waals surface area contributed by atoms with Gasteiger partial charge in [-0.3, -0.25) is 10.1 Å². The van der Waals surface area contributed by atoms with Gasteiger partial charge < -0.3 is 0 Å². The van der Waals surface area contributed by atoms with Crippen molar-refractivity contribution in [2.24, 2.45) is 0 Å². The first kappa shape index (κ1) is 8.80. The van der Waals surface area contributed by atoms with E-state index < -0.39 is 4.92 Å². The molecular weight excluding hydrogens is 174 g/mol. The van der Waals surface area contributed by atoms with Gasteiger partial charge in [0.05, 0.1) is 10.5 Å². The van der Waals surface area contributed by atoms with Crippen molar-refractivity contribution in [3.05, 3.63) is 40.5 Å². The van der Waals surface area contributed by atoms with Crippen molar-refractivity contribution in [2.45, 2.75) is 4.90 Å². The second kappa shape index (κ2) is 3.40. The molecule has 1 aromatic rings. The zero-order valence-electron chi connectivity index (χ0n) is 6.23. The summed E-state index contributed by atoms with van der Waals surface area (Å²) >= 11 is 4.05. The molecule has 1 rings (SSSR count). The molecule has 0 saturated heterocycles. The standard InChI is InChI=1S/C8H7NO2S/c1-2-6-5-7(12)3-4-8(6)9(10)11/h2-5,12H,1H2. The van der Waals surface area contributed by atoms with Gasteiger partial charge >= 0.3 is 0 Å². The van der Waals surface area contributed by atoms with Crippen LogP contribution in [0.4, 0.5) is 5.69 Å². The van der Waals surface area contributed by atoms with Crippen LogP contribution < -0.4 is 0 Å². The Morgan fingerprint density at radius 3 is 2.75 bits per heavy atom. The molecule has 0 atom stereocenters. The highest BCUT2D eigenvalue weighted by Gasteiger charge is 2.09. The molecule has 0 aliphatic heterocycles. The molecule has 3 nitrogen and oxygen atoms in total. The van der Waals surface area contributed by atoms with Crippen LogP contribution in [0.5, 0.6) is 0 Å². The molecule has 0 amide bonds. The van der Waals surface area contributed by atoms with Crippen LogP contribution in [0.3, 0.4) is 0 Å². The SMILES string of the molecule is C=Cc1cc(S)ccc1[N+](=O)[O-]. The second-order valence-corrected chi connectivity index (χ2v) is 2.72. The molecule has 0 saturated carbocycles. The Balaban J connectivity index is 3.29. The van der Waals surface area contributed by atoms with E-state index in [-0.39, 0.29) is 5.69 Å². The maximum atomic E-state index is 10.4. The molecule has 0 radical (unpaired) electrons. The highest BCUT2D eigenvalue weighted by molar-refractivity contribution is 7.80. The zero-order valence-corrected chi connectivity index (χ0v) is 7.12. The maximum absolute atomic E-state index is 10.4. The molecule has 0 fully saturated rings. The van der Waals surface area contributed by atoms with E-state index in [1.165, 1.54) is 12.1 Å².